The second kappa shape index (κ2) is 6.18. The normalized spacial score (nSPS) is 17.7. The summed E-state index contributed by atoms with van der Waals surface area (Å²) in [5.74, 6) is -0.101. The van der Waals surface area contributed by atoms with Gasteiger partial charge in [-0.2, -0.15) is 12.8 Å². The van der Waals surface area contributed by atoms with Gasteiger partial charge < -0.3 is 0 Å². The van der Waals surface area contributed by atoms with Crippen molar-refractivity contribution in [3.8, 4) is 0 Å². The first kappa shape index (κ1) is 16.6. The van der Waals surface area contributed by atoms with Crippen LogP contribution in [0.1, 0.15) is 20.8 Å². The number of rotatable bonds is 3. The fourth-order valence-electron chi connectivity index (χ4n) is 2.02. The van der Waals surface area contributed by atoms with E-state index in [1.54, 1.807) is 13.0 Å². The molecule has 0 fully saturated rings. The van der Waals surface area contributed by atoms with E-state index in [0.717, 1.165) is 0 Å². The van der Waals surface area contributed by atoms with Gasteiger partial charge in [-0.3, -0.25) is 4.79 Å². The van der Waals surface area contributed by atoms with E-state index in [9.17, 15) is 13.2 Å². The summed E-state index contributed by atoms with van der Waals surface area (Å²) in [7, 11) is -3.84. The summed E-state index contributed by atoms with van der Waals surface area (Å²) in [5, 5.41) is 0.452. The molecule has 0 radical (unpaired) electrons. The quantitative estimate of drug-likeness (QED) is 0.792. The van der Waals surface area contributed by atoms with Crippen LogP contribution in [0.15, 0.2) is 56.9 Å². The van der Waals surface area contributed by atoms with E-state index in [-0.39, 0.29) is 16.6 Å². The number of allylic oxidation sites excluding steroid dienone is 4. The predicted molar refractivity (Wildman–Crippen MR) is 87.8 cm³/mol. The summed E-state index contributed by atoms with van der Waals surface area (Å²) in [6.07, 6.45) is 2.97. The fraction of sp³-hybridized carbons (Fsp3) is 0.250. The standard InChI is InChI=1S/C16H16ClNO3S/c1-10(2)14-9-15(11(3)8-16(14)19)18-22(20,21)13-6-4-12(17)5-7-13/h4-10H,1-3H3/b18-15+. The molecule has 0 bridgehead atoms. The van der Waals surface area contributed by atoms with Crippen LogP contribution in [-0.4, -0.2) is 19.9 Å². The third-order valence-corrected chi connectivity index (χ3v) is 4.84. The highest BCUT2D eigenvalue weighted by Crippen LogP contribution is 2.22. The van der Waals surface area contributed by atoms with Crippen molar-refractivity contribution in [2.24, 2.45) is 10.3 Å². The van der Waals surface area contributed by atoms with Crippen molar-refractivity contribution < 1.29 is 13.2 Å². The molecule has 4 nitrogen and oxygen atoms in total. The minimum atomic E-state index is -3.84. The highest BCUT2D eigenvalue weighted by Gasteiger charge is 2.21. The molecule has 1 aromatic carbocycles. The second-order valence-corrected chi connectivity index (χ2v) is 7.39. The van der Waals surface area contributed by atoms with E-state index in [4.69, 9.17) is 11.6 Å². The SMILES string of the molecule is CC1=CC(=O)C(C(C)C)=C/C1=N\S(=O)(=O)c1ccc(Cl)cc1. The van der Waals surface area contributed by atoms with Crippen LogP contribution in [0.5, 0.6) is 0 Å². The van der Waals surface area contributed by atoms with Crippen LogP contribution < -0.4 is 0 Å². The Morgan fingerprint density at radius 1 is 1.09 bits per heavy atom. The molecule has 0 saturated heterocycles. The Kier molecular flexibility index (Phi) is 4.68. The second-order valence-electron chi connectivity index (χ2n) is 5.35. The van der Waals surface area contributed by atoms with Gasteiger partial charge in [0.2, 0.25) is 0 Å². The van der Waals surface area contributed by atoms with Crippen LogP contribution in [0.4, 0.5) is 0 Å². The topological polar surface area (TPSA) is 63.6 Å². The number of halogens is 1. The first-order valence-corrected chi connectivity index (χ1v) is 8.57. The summed E-state index contributed by atoms with van der Waals surface area (Å²) in [5.41, 5.74) is 1.38. The lowest BCUT2D eigenvalue weighted by Gasteiger charge is -2.15. The first-order valence-electron chi connectivity index (χ1n) is 6.76. The minimum Gasteiger partial charge on any atom is -0.290 e. The van der Waals surface area contributed by atoms with Crippen molar-refractivity contribution in [3.05, 3.63) is 52.6 Å². The van der Waals surface area contributed by atoms with Gasteiger partial charge in [0.1, 0.15) is 0 Å². The summed E-state index contributed by atoms with van der Waals surface area (Å²) in [4.78, 5) is 12.0. The summed E-state index contributed by atoms with van der Waals surface area (Å²) in [6.45, 7) is 5.43. The van der Waals surface area contributed by atoms with Gasteiger partial charge in [-0.25, -0.2) is 0 Å². The fourth-order valence-corrected chi connectivity index (χ4v) is 3.19. The molecular formula is C16H16ClNO3S. The molecule has 0 aliphatic heterocycles. The van der Waals surface area contributed by atoms with Crippen LogP contribution in [-0.2, 0) is 14.8 Å². The number of hydrogen-bond acceptors (Lipinski definition) is 3. The van der Waals surface area contributed by atoms with Gasteiger partial charge in [-0.1, -0.05) is 25.4 Å². The molecule has 116 valence electrons. The number of sulfonamides is 1. The maximum atomic E-state index is 12.3. The molecule has 0 aromatic heterocycles. The maximum absolute atomic E-state index is 12.3. The zero-order chi connectivity index (χ0) is 16.5. The Hall–Kier alpha value is -1.72. The maximum Gasteiger partial charge on any atom is 0.282 e. The number of carbonyl (C=O) groups excluding carboxylic acids is 1. The third kappa shape index (κ3) is 3.54. The molecule has 22 heavy (non-hydrogen) atoms. The van der Waals surface area contributed by atoms with Crippen molar-refractivity contribution in [1.82, 2.24) is 0 Å². The van der Waals surface area contributed by atoms with E-state index >= 15 is 0 Å². The molecule has 1 aliphatic rings. The number of hydrogen-bond donors (Lipinski definition) is 0. The van der Waals surface area contributed by atoms with E-state index < -0.39 is 10.0 Å². The molecule has 0 amide bonds. The van der Waals surface area contributed by atoms with Crippen molar-refractivity contribution in [1.29, 1.82) is 0 Å². The van der Waals surface area contributed by atoms with E-state index in [0.29, 0.717) is 21.9 Å². The average Bonchev–Trinajstić information content (AvgIpc) is 2.41. The van der Waals surface area contributed by atoms with Crippen LogP contribution >= 0.6 is 11.6 Å². The lowest BCUT2D eigenvalue weighted by molar-refractivity contribution is -0.111. The molecule has 0 heterocycles. The summed E-state index contributed by atoms with van der Waals surface area (Å²) < 4.78 is 28.6. The molecule has 0 saturated carbocycles. The van der Waals surface area contributed by atoms with Crippen LogP contribution in [0.3, 0.4) is 0 Å². The Morgan fingerprint density at radius 2 is 1.68 bits per heavy atom. The Balaban J connectivity index is 2.49. The Bertz CT molecular complexity index is 800. The monoisotopic (exact) mass is 337 g/mol. The van der Waals surface area contributed by atoms with Gasteiger partial charge in [0.05, 0.1) is 10.6 Å². The van der Waals surface area contributed by atoms with E-state index in [1.807, 2.05) is 13.8 Å². The van der Waals surface area contributed by atoms with Crippen LogP contribution in [0.25, 0.3) is 0 Å². The first-order chi connectivity index (χ1) is 10.2. The molecular weight excluding hydrogens is 322 g/mol. The van der Waals surface area contributed by atoms with Gasteiger partial charge in [0.25, 0.3) is 10.0 Å². The van der Waals surface area contributed by atoms with E-state index in [2.05, 4.69) is 4.40 Å². The number of benzene rings is 1. The molecule has 1 aromatic rings. The Labute approximate surface area is 135 Å². The smallest absolute Gasteiger partial charge is 0.282 e. The molecule has 2 rings (SSSR count). The molecule has 0 N–H and O–H groups in total. The lowest BCUT2D eigenvalue weighted by Crippen LogP contribution is -2.16. The van der Waals surface area contributed by atoms with Crippen molar-refractivity contribution in [2.75, 3.05) is 0 Å². The number of ketones is 1. The van der Waals surface area contributed by atoms with Crippen molar-refractivity contribution >= 4 is 33.1 Å². The Morgan fingerprint density at radius 3 is 2.23 bits per heavy atom. The average molecular weight is 338 g/mol. The zero-order valence-electron chi connectivity index (χ0n) is 12.5. The third-order valence-electron chi connectivity index (χ3n) is 3.28. The van der Waals surface area contributed by atoms with Crippen LogP contribution in [0, 0.1) is 5.92 Å². The van der Waals surface area contributed by atoms with Gasteiger partial charge in [-0.05, 0) is 54.8 Å². The molecule has 0 atom stereocenters. The largest absolute Gasteiger partial charge is 0.290 e. The minimum absolute atomic E-state index is 0.000265. The highest BCUT2D eigenvalue weighted by atomic mass is 35.5. The molecule has 0 spiro atoms. The zero-order valence-corrected chi connectivity index (χ0v) is 14.1. The van der Waals surface area contributed by atoms with Gasteiger partial charge in [0.15, 0.2) is 5.78 Å². The lowest BCUT2D eigenvalue weighted by atomic mass is 9.90. The van der Waals surface area contributed by atoms with Crippen LogP contribution in [0.2, 0.25) is 5.02 Å². The highest BCUT2D eigenvalue weighted by molar-refractivity contribution is 7.90. The van der Waals surface area contributed by atoms with Gasteiger partial charge >= 0.3 is 0 Å². The number of nitrogens with zero attached hydrogens (tertiary/aromatic N) is 1. The molecule has 0 unspecified atom stereocenters. The van der Waals surface area contributed by atoms with E-state index in [1.165, 1.54) is 30.3 Å². The molecule has 1 aliphatic carbocycles. The summed E-state index contributed by atoms with van der Waals surface area (Å²) >= 11 is 5.76. The summed E-state index contributed by atoms with van der Waals surface area (Å²) in [6, 6.07) is 5.80. The predicted octanol–water partition coefficient (Wildman–Crippen LogP) is 3.58. The van der Waals surface area contributed by atoms with Crippen molar-refractivity contribution in [3.63, 3.8) is 0 Å². The number of carbonyl (C=O) groups is 1. The van der Waals surface area contributed by atoms with Crippen molar-refractivity contribution in [2.45, 2.75) is 25.7 Å². The van der Waals surface area contributed by atoms with Gasteiger partial charge in [-0.15, -0.1) is 0 Å². The van der Waals surface area contributed by atoms with Gasteiger partial charge in [0, 0.05) is 10.6 Å². The molecule has 6 heteroatoms.